The zero-order valence-electron chi connectivity index (χ0n) is 8.13. The molecule has 0 unspecified atom stereocenters. The van der Waals surface area contributed by atoms with Crippen molar-refractivity contribution in [3.05, 3.63) is 27.7 Å². The van der Waals surface area contributed by atoms with E-state index in [9.17, 15) is 4.79 Å². The minimum Gasteiger partial charge on any atom is -0.465 e. The maximum atomic E-state index is 11.4. The molecule has 0 fully saturated rings. The van der Waals surface area contributed by atoms with Crippen molar-refractivity contribution < 1.29 is 9.53 Å². The standard InChI is InChI=1S/C10H12BrNO2/c1-3-7-8(10(13)14-2)4-6(12)5-9(7)11/h4-5H,3,12H2,1-2H3. The maximum absolute atomic E-state index is 11.4. The van der Waals surface area contributed by atoms with Gasteiger partial charge in [-0.2, -0.15) is 0 Å². The zero-order valence-corrected chi connectivity index (χ0v) is 9.72. The van der Waals surface area contributed by atoms with E-state index in [1.165, 1.54) is 7.11 Å². The van der Waals surface area contributed by atoms with Crippen LogP contribution in [-0.4, -0.2) is 13.1 Å². The lowest BCUT2D eigenvalue weighted by atomic mass is 10.0. The number of halogens is 1. The Hall–Kier alpha value is -1.03. The van der Waals surface area contributed by atoms with Crippen molar-refractivity contribution in [3.8, 4) is 0 Å². The second-order valence-corrected chi connectivity index (χ2v) is 3.73. The SMILES string of the molecule is CCc1c(Br)cc(N)cc1C(=O)OC. The van der Waals surface area contributed by atoms with Gasteiger partial charge in [0.15, 0.2) is 0 Å². The Bertz CT molecular complexity index is 363. The number of benzene rings is 1. The molecule has 0 atom stereocenters. The number of carbonyl (C=O) groups is 1. The third kappa shape index (κ3) is 2.07. The summed E-state index contributed by atoms with van der Waals surface area (Å²) in [6, 6.07) is 3.42. The van der Waals surface area contributed by atoms with Crippen molar-refractivity contribution in [2.75, 3.05) is 12.8 Å². The number of hydrogen-bond acceptors (Lipinski definition) is 3. The minimum absolute atomic E-state index is 0.352. The molecule has 2 N–H and O–H groups in total. The van der Waals surface area contributed by atoms with E-state index in [2.05, 4.69) is 20.7 Å². The van der Waals surface area contributed by atoms with Gasteiger partial charge < -0.3 is 10.5 Å². The number of hydrogen-bond donors (Lipinski definition) is 1. The van der Waals surface area contributed by atoms with Crippen molar-refractivity contribution in [1.82, 2.24) is 0 Å². The minimum atomic E-state index is -0.352. The average Bonchev–Trinajstić information content (AvgIpc) is 2.15. The number of carbonyl (C=O) groups excluding carboxylic acids is 1. The first-order valence-corrected chi connectivity index (χ1v) is 5.05. The Morgan fingerprint density at radius 2 is 2.21 bits per heavy atom. The number of nitrogens with two attached hydrogens (primary N) is 1. The first-order valence-electron chi connectivity index (χ1n) is 4.26. The van der Waals surface area contributed by atoms with E-state index in [4.69, 9.17) is 5.73 Å². The Balaban J connectivity index is 3.32. The van der Waals surface area contributed by atoms with Crippen LogP contribution in [0.15, 0.2) is 16.6 Å². The lowest BCUT2D eigenvalue weighted by Gasteiger charge is -2.09. The third-order valence-corrected chi connectivity index (χ3v) is 2.68. The van der Waals surface area contributed by atoms with Gasteiger partial charge in [-0.05, 0) is 24.1 Å². The molecule has 0 saturated carbocycles. The summed E-state index contributed by atoms with van der Waals surface area (Å²) >= 11 is 3.37. The fourth-order valence-corrected chi connectivity index (χ4v) is 2.07. The lowest BCUT2D eigenvalue weighted by molar-refractivity contribution is 0.0599. The molecule has 14 heavy (non-hydrogen) atoms. The van der Waals surface area contributed by atoms with Gasteiger partial charge in [0.25, 0.3) is 0 Å². The molecule has 0 aromatic heterocycles. The molecule has 0 aliphatic rings. The number of anilines is 1. The summed E-state index contributed by atoms with van der Waals surface area (Å²) in [6.07, 6.45) is 0.755. The number of methoxy groups -OCH3 is 1. The summed E-state index contributed by atoms with van der Waals surface area (Å²) in [5, 5.41) is 0. The first-order chi connectivity index (χ1) is 6.60. The molecule has 0 heterocycles. The smallest absolute Gasteiger partial charge is 0.338 e. The van der Waals surface area contributed by atoms with Crippen molar-refractivity contribution >= 4 is 27.6 Å². The zero-order chi connectivity index (χ0) is 10.7. The predicted octanol–water partition coefficient (Wildman–Crippen LogP) is 2.38. The average molecular weight is 258 g/mol. The predicted molar refractivity (Wildman–Crippen MR) is 59.3 cm³/mol. The molecular weight excluding hydrogens is 246 g/mol. The number of ether oxygens (including phenoxy) is 1. The fraction of sp³-hybridized carbons (Fsp3) is 0.300. The molecule has 0 radical (unpaired) electrons. The van der Waals surface area contributed by atoms with Crippen LogP contribution < -0.4 is 5.73 Å². The molecule has 0 bridgehead atoms. The maximum Gasteiger partial charge on any atom is 0.338 e. The quantitative estimate of drug-likeness (QED) is 0.654. The van der Waals surface area contributed by atoms with Crippen LogP contribution >= 0.6 is 15.9 Å². The number of rotatable bonds is 2. The van der Waals surface area contributed by atoms with Gasteiger partial charge in [0.1, 0.15) is 0 Å². The van der Waals surface area contributed by atoms with Crippen LogP contribution in [-0.2, 0) is 11.2 Å². The Morgan fingerprint density at radius 3 is 2.71 bits per heavy atom. The third-order valence-electron chi connectivity index (χ3n) is 1.98. The molecule has 0 aliphatic carbocycles. The number of nitrogen functional groups attached to an aromatic ring is 1. The van der Waals surface area contributed by atoms with E-state index >= 15 is 0 Å². The molecule has 1 aromatic rings. The van der Waals surface area contributed by atoms with E-state index in [-0.39, 0.29) is 5.97 Å². The molecule has 4 heteroatoms. The highest BCUT2D eigenvalue weighted by Gasteiger charge is 2.13. The summed E-state index contributed by atoms with van der Waals surface area (Å²) in [7, 11) is 1.36. The highest BCUT2D eigenvalue weighted by atomic mass is 79.9. The van der Waals surface area contributed by atoms with Gasteiger partial charge in [-0.1, -0.05) is 22.9 Å². The summed E-state index contributed by atoms with van der Waals surface area (Å²) in [4.78, 5) is 11.4. The van der Waals surface area contributed by atoms with Crippen molar-refractivity contribution in [2.24, 2.45) is 0 Å². The van der Waals surface area contributed by atoms with Gasteiger partial charge in [-0.25, -0.2) is 4.79 Å². The van der Waals surface area contributed by atoms with Gasteiger partial charge >= 0.3 is 5.97 Å². The van der Waals surface area contributed by atoms with E-state index in [1.54, 1.807) is 12.1 Å². The van der Waals surface area contributed by atoms with E-state index in [1.807, 2.05) is 6.92 Å². The van der Waals surface area contributed by atoms with Gasteiger partial charge in [-0.3, -0.25) is 0 Å². The summed E-state index contributed by atoms with van der Waals surface area (Å²) in [5.41, 5.74) is 7.64. The molecular formula is C10H12BrNO2. The van der Waals surface area contributed by atoms with Crippen molar-refractivity contribution in [3.63, 3.8) is 0 Å². The normalized spacial score (nSPS) is 9.93. The van der Waals surface area contributed by atoms with Crippen LogP contribution in [0.25, 0.3) is 0 Å². The Morgan fingerprint density at radius 1 is 1.57 bits per heavy atom. The second-order valence-electron chi connectivity index (χ2n) is 2.87. The molecule has 3 nitrogen and oxygen atoms in total. The fourth-order valence-electron chi connectivity index (χ4n) is 1.31. The van der Waals surface area contributed by atoms with Gasteiger partial charge in [-0.15, -0.1) is 0 Å². The Kier molecular flexibility index (Phi) is 3.52. The van der Waals surface area contributed by atoms with Gasteiger partial charge in [0.2, 0.25) is 0 Å². The molecule has 1 rings (SSSR count). The monoisotopic (exact) mass is 257 g/mol. The molecule has 76 valence electrons. The van der Waals surface area contributed by atoms with Crippen LogP contribution in [0, 0.1) is 0 Å². The summed E-state index contributed by atoms with van der Waals surface area (Å²) < 4.78 is 5.52. The lowest BCUT2D eigenvalue weighted by Crippen LogP contribution is -2.07. The topological polar surface area (TPSA) is 52.3 Å². The van der Waals surface area contributed by atoms with Crippen LogP contribution in [0.5, 0.6) is 0 Å². The molecule has 1 aromatic carbocycles. The van der Waals surface area contributed by atoms with Gasteiger partial charge in [0.05, 0.1) is 12.7 Å². The van der Waals surface area contributed by atoms with Crippen molar-refractivity contribution in [1.29, 1.82) is 0 Å². The summed E-state index contributed by atoms with van der Waals surface area (Å²) in [6.45, 7) is 1.97. The van der Waals surface area contributed by atoms with E-state index < -0.39 is 0 Å². The van der Waals surface area contributed by atoms with Crippen LogP contribution in [0.3, 0.4) is 0 Å². The highest BCUT2D eigenvalue weighted by molar-refractivity contribution is 9.10. The van der Waals surface area contributed by atoms with Crippen LogP contribution in [0.2, 0.25) is 0 Å². The van der Waals surface area contributed by atoms with Crippen LogP contribution in [0.1, 0.15) is 22.8 Å². The van der Waals surface area contributed by atoms with Crippen LogP contribution in [0.4, 0.5) is 5.69 Å². The highest BCUT2D eigenvalue weighted by Crippen LogP contribution is 2.25. The molecule has 0 saturated heterocycles. The van der Waals surface area contributed by atoms with E-state index in [0.29, 0.717) is 11.3 Å². The molecule has 0 amide bonds. The Labute approximate surface area is 91.4 Å². The second kappa shape index (κ2) is 4.46. The van der Waals surface area contributed by atoms with Gasteiger partial charge in [0, 0.05) is 10.2 Å². The largest absolute Gasteiger partial charge is 0.465 e. The number of esters is 1. The van der Waals surface area contributed by atoms with E-state index in [0.717, 1.165) is 16.5 Å². The molecule has 0 spiro atoms. The summed E-state index contributed by atoms with van der Waals surface area (Å²) in [5.74, 6) is -0.352. The molecule has 0 aliphatic heterocycles. The van der Waals surface area contributed by atoms with Crippen molar-refractivity contribution in [2.45, 2.75) is 13.3 Å². The first kappa shape index (κ1) is 11.0.